The van der Waals surface area contributed by atoms with E-state index in [9.17, 15) is 4.79 Å². The molecule has 1 amide bonds. The Morgan fingerprint density at radius 3 is 2.39 bits per heavy atom. The molecule has 0 spiro atoms. The van der Waals surface area contributed by atoms with Crippen LogP contribution in [0.2, 0.25) is 10.0 Å². The topological polar surface area (TPSA) is 62.5 Å². The van der Waals surface area contributed by atoms with Crippen LogP contribution >= 0.6 is 23.2 Å². The third-order valence-electron chi connectivity index (χ3n) is 5.40. The van der Waals surface area contributed by atoms with Crippen molar-refractivity contribution >= 4 is 41.1 Å². The molecule has 3 aromatic carbocycles. The van der Waals surface area contributed by atoms with Gasteiger partial charge in [0.2, 0.25) is 0 Å². The van der Waals surface area contributed by atoms with Gasteiger partial charge >= 0.3 is 0 Å². The van der Waals surface area contributed by atoms with Crippen LogP contribution in [-0.4, -0.2) is 26.9 Å². The van der Waals surface area contributed by atoms with E-state index < -0.39 is 6.17 Å². The number of hydrogen-bond acceptors (Lipinski definition) is 4. The summed E-state index contributed by atoms with van der Waals surface area (Å²) in [5.74, 6) is 0.342. The van der Waals surface area contributed by atoms with Crippen LogP contribution in [0.3, 0.4) is 0 Å². The van der Waals surface area contributed by atoms with Crippen molar-refractivity contribution in [3.63, 3.8) is 0 Å². The van der Waals surface area contributed by atoms with Crippen molar-refractivity contribution in [3.05, 3.63) is 117 Å². The minimum Gasteiger partial charge on any atom is -0.344 e. The highest BCUT2D eigenvalue weighted by Gasteiger charge is 2.36. The molecule has 5 rings (SSSR count). The van der Waals surface area contributed by atoms with E-state index in [2.05, 4.69) is 15.5 Å². The molecule has 0 bridgehead atoms. The molecule has 4 aromatic rings. The molecular formula is C25H19Cl2N5O. The fourth-order valence-electron chi connectivity index (χ4n) is 3.73. The molecule has 2 heterocycles. The molecule has 0 saturated carbocycles. The van der Waals surface area contributed by atoms with Crippen molar-refractivity contribution in [3.8, 4) is 0 Å². The van der Waals surface area contributed by atoms with Crippen LogP contribution in [0.15, 0.2) is 90.2 Å². The molecule has 33 heavy (non-hydrogen) atoms. The van der Waals surface area contributed by atoms with Gasteiger partial charge in [-0.1, -0.05) is 89.9 Å². The van der Waals surface area contributed by atoms with Crippen LogP contribution < -0.4 is 5.32 Å². The number of hydrazone groups is 1. The number of carbonyl (C=O) groups excluding carboxylic acids is 1. The Morgan fingerprint density at radius 2 is 1.64 bits per heavy atom. The quantitative estimate of drug-likeness (QED) is 0.368. The minimum atomic E-state index is -0.622. The van der Waals surface area contributed by atoms with Gasteiger partial charge in [0.05, 0.1) is 19.0 Å². The molecular weight excluding hydrogens is 457 g/mol. The summed E-state index contributed by atoms with van der Waals surface area (Å²) < 4.78 is 1.78. The van der Waals surface area contributed by atoms with Crippen LogP contribution in [0.5, 0.6) is 0 Å². The Hall–Kier alpha value is -3.61. The second-order valence-electron chi connectivity index (χ2n) is 7.53. The number of benzene rings is 3. The Balaban J connectivity index is 1.55. The third-order valence-corrected chi connectivity index (χ3v) is 6.09. The lowest BCUT2D eigenvalue weighted by atomic mass is 10.1. The van der Waals surface area contributed by atoms with Crippen LogP contribution in [0, 0.1) is 0 Å². The molecule has 164 valence electrons. The lowest BCUT2D eigenvalue weighted by molar-refractivity contribution is 0.0690. The second kappa shape index (κ2) is 9.10. The van der Waals surface area contributed by atoms with Crippen LogP contribution in [0.25, 0.3) is 0 Å². The van der Waals surface area contributed by atoms with Gasteiger partial charge in [0.15, 0.2) is 6.17 Å². The van der Waals surface area contributed by atoms with Gasteiger partial charge in [-0.05, 0) is 17.7 Å². The van der Waals surface area contributed by atoms with Crippen molar-refractivity contribution in [2.45, 2.75) is 12.7 Å². The third kappa shape index (κ3) is 4.23. The molecule has 6 nitrogen and oxygen atoms in total. The minimum absolute atomic E-state index is 0.281. The van der Waals surface area contributed by atoms with E-state index in [1.54, 1.807) is 29.2 Å². The molecule has 1 aliphatic heterocycles. The average Bonchev–Trinajstić information content (AvgIpc) is 3.23. The first-order valence-electron chi connectivity index (χ1n) is 10.3. The number of amides is 1. The van der Waals surface area contributed by atoms with E-state index in [0.29, 0.717) is 33.5 Å². The van der Waals surface area contributed by atoms with Gasteiger partial charge < -0.3 is 5.32 Å². The largest absolute Gasteiger partial charge is 0.344 e. The maximum atomic E-state index is 13.5. The van der Waals surface area contributed by atoms with Crippen LogP contribution in [0.4, 0.5) is 5.82 Å². The smallest absolute Gasteiger partial charge is 0.281 e. The van der Waals surface area contributed by atoms with Crippen LogP contribution in [-0.2, 0) is 6.54 Å². The highest BCUT2D eigenvalue weighted by molar-refractivity contribution is 6.33. The van der Waals surface area contributed by atoms with E-state index in [0.717, 1.165) is 11.1 Å². The first-order chi connectivity index (χ1) is 16.1. The highest BCUT2D eigenvalue weighted by atomic mass is 35.5. The van der Waals surface area contributed by atoms with Gasteiger partial charge in [-0.3, -0.25) is 4.79 Å². The molecule has 1 N–H and O–H groups in total. The zero-order valence-corrected chi connectivity index (χ0v) is 18.9. The molecule has 1 aliphatic rings. The predicted octanol–water partition coefficient (Wildman–Crippen LogP) is 5.84. The first-order valence-corrected chi connectivity index (χ1v) is 11.1. The average molecular weight is 476 g/mol. The second-order valence-corrected chi connectivity index (χ2v) is 8.35. The number of aromatic nitrogens is 2. The number of nitrogens with one attached hydrogen (secondary N) is 1. The number of rotatable bonds is 5. The van der Waals surface area contributed by atoms with Crippen molar-refractivity contribution in [2.75, 3.05) is 5.32 Å². The number of halogens is 2. The Bertz CT molecular complexity index is 1340. The fraction of sp³-hybridized carbons (Fsp3) is 0.0800. The van der Waals surface area contributed by atoms with E-state index in [1.807, 2.05) is 66.7 Å². The number of fused-ring (bicyclic) bond motifs is 1. The zero-order chi connectivity index (χ0) is 22.8. The maximum absolute atomic E-state index is 13.5. The van der Waals surface area contributed by atoms with Gasteiger partial charge in [0.25, 0.3) is 5.91 Å². The summed E-state index contributed by atoms with van der Waals surface area (Å²) in [6.07, 6.45) is 2.52. The lowest BCUT2D eigenvalue weighted by Crippen LogP contribution is -2.40. The normalized spacial score (nSPS) is 15.5. The summed E-state index contributed by atoms with van der Waals surface area (Å²) in [5, 5.41) is 14.8. The Labute approximate surface area is 201 Å². The molecule has 1 unspecified atom stereocenters. The van der Waals surface area contributed by atoms with Crippen molar-refractivity contribution < 1.29 is 4.79 Å². The standard InChI is InChI=1S/C25H19Cl2N5O/c26-21-12-6-4-10-18(21)14-29-32-24(19-11-5-7-13-22(19)27)30-23-20(25(32)33)15-28-31(23)16-17-8-2-1-3-9-17/h1-15,24,30H,16H2/b29-14+. The van der Waals surface area contributed by atoms with Crippen molar-refractivity contribution in [1.29, 1.82) is 0 Å². The zero-order valence-electron chi connectivity index (χ0n) is 17.4. The molecule has 0 fully saturated rings. The highest BCUT2D eigenvalue weighted by Crippen LogP contribution is 2.36. The molecule has 0 radical (unpaired) electrons. The summed E-state index contributed by atoms with van der Waals surface area (Å²) in [4.78, 5) is 13.5. The van der Waals surface area contributed by atoms with Gasteiger partial charge in [-0.15, -0.1) is 0 Å². The van der Waals surface area contributed by atoms with Gasteiger partial charge in [0.1, 0.15) is 11.4 Å². The van der Waals surface area contributed by atoms with E-state index >= 15 is 0 Å². The summed E-state index contributed by atoms with van der Waals surface area (Å²) in [6, 6.07) is 24.6. The fourth-order valence-corrected chi connectivity index (χ4v) is 4.15. The van der Waals surface area contributed by atoms with Gasteiger partial charge in [-0.2, -0.15) is 10.2 Å². The number of carbonyl (C=O) groups is 1. The number of hydrogen-bond donors (Lipinski definition) is 1. The summed E-state index contributed by atoms with van der Waals surface area (Å²) in [7, 11) is 0. The molecule has 8 heteroatoms. The van der Waals surface area contributed by atoms with Crippen LogP contribution in [0.1, 0.15) is 33.2 Å². The number of anilines is 1. The van der Waals surface area contributed by atoms with Crippen molar-refractivity contribution in [2.24, 2.45) is 5.10 Å². The molecule has 0 saturated heterocycles. The first kappa shape index (κ1) is 21.2. The lowest BCUT2D eigenvalue weighted by Gasteiger charge is -2.34. The van der Waals surface area contributed by atoms with E-state index in [-0.39, 0.29) is 5.91 Å². The molecule has 0 aliphatic carbocycles. The summed E-state index contributed by atoms with van der Waals surface area (Å²) >= 11 is 12.8. The molecule has 1 aromatic heterocycles. The maximum Gasteiger partial charge on any atom is 0.281 e. The summed E-state index contributed by atoms with van der Waals surface area (Å²) in [6.45, 7) is 0.522. The van der Waals surface area contributed by atoms with Gasteiger partial charge in [0, 0.05) is 21.2 Å². The van der Waals surface area contributed by atoms with E-state index in [1.165, 1.54) is 5.01 Å². The SMILES string of the molecule is O=C1c2cnn(Cc3ccccc3)c2NC(c2ccccc2Cl)N1/N=C/c1ccccc1Cl. The predicted molar refractivity (Wildman–Crippen MR) is 131 cm³/mol. The number of nitrogens with zero attached hydrogens (tertiary/aromatic N) is 4. The monoisotopic (exact) mass is 475 g/mol. The van der Waals surface area contributed by atoms with Gasteiger partial charge in [-0.25, -0.2) is 9.69 Å². The van der Waals surface area contributed by atoms with Crippen molar-refractivity contribution in [1.82, 2.24) is 14.8 Å². The Kier molecular flexibility index (Phi) is 5.86. The summed E-state index contributed by atoms with van der Waals surface area (Å²) in [5.41, 5.74) is 2.94. The Morgan fingerprint density at radius 1 is 0.939 bits per heavy atom. The van der Waals surface area contributed by atoms with E-state index in [4.69, 9.17) is 23.2 Å². The molecule has 1 atom stereocenters.